The van der Waals surface area contributed by atoms with Crippen LogP contribution in [0.25, 0.3) is 0 Å². The Morgan fingerprint density at radius 3 is 1.05 bits per heavy atom. The molecule has 1 nitrogen and oxygen atoms in total. The molecule has 0 aromatic heterocycles. The molecule has 0 unspecified atom stereocenters. The summed E-state index contributed by atoms with van der Waals surface area (Å²) in [6.45, 7) is 0. The van der Waals surface area contributed by atoms with E-state index < -0.39 is 13.6 Å². The summed E-state index contributed by atoms with van der Waals surface area (Å²) < 4.78 is 3.49. The van der Waals surface area contributed by atoms with Crippen molar-refractivity contribution in [3.05, 3.63) is 91.0 Å². The summed E-state index contributed by atoms with van der Waals surface area (Å²) >= 11 is -3.02. The minimum absolute atomic E-state index is 1.16. The molecule has 21 heavy (non-hydrogen) atoms. The van der Waals surface area contributed by atoms with Crippen molar-refractivity contribution in [3.8, 4) is 4.86 Å². The first-order valence-electron chi connectivity index (χ1n) is 6.85. The maximum atomic E-state index is 10.2. The molecule has 101 valence electrons. The van der Waals surface area contributed by atoms with E-state index in [9.17, 15) is 5.26 Å². The molecule has 3 aromatic rings. The van der Waals surface area contributed by atoms with E-state index in [0.29, 0.717) is 0 Å². The van der Waals surface area contributed by atoms with Gasteiger partial charge >= 0.3 is 128 Å². The minimum atomic E-state index is -3.02. The van der Waals surface area contributed by atoms with Gasteiger partial charge in [0.1, 0.15) is 0 Å². The molecule has 3 rings (SSSR count). The number of nitrogens with zero attached hydrogens (tertiary/aromatic N) is 1. The second-order valence-corrected chi connectivity index (χ2v) is 11.3. The van der Waals surface area contributed by atoms with Crippen molar-refractivity contribution < 1.29 is 0 Å². The van der Waals surface area contributed by atoms with Crippen LogP contribution in [0, 0.1) is 10.1 Å². The second kappa shape index (κ2) is 6.00. The fourth-order valence-corrected chi connectivity index (χ4v) is 9.08. The monoisotopic (exact) mass is 332 g/mol. The molecule has 0 amide bonds. The van der Waals surface area contributed by atoms with Crippen molar-refractivity contribution in [1.29, 1.82) is 5.26 Å². The predicted molar refractivity (Wildman–Crippen MR) is 89.6 cm³/mol. The molecular weight excluding hydrogens is 317 g/mol. The molecule has 0 bridgehead atoms. The molecular formula is C19H15AsN. The van der Waals surface area contributed by atoms with Crippen molar-refractivity contribution in [1.82, 2.24) is 0 Å². The van der Waals surface area contributed by atoms with Gasteiger partial charge in [0.25, 0.3) is 0 Å². The Morgan fingerprint density at radius 1 is 0.524 bits per heavy atom. The Kier molecular flexibility index (Phi) is 3.91. The van der Waals surface area contributed by atoms with Gasteiger partial charge in [-0.15, -0.1) is 0 Å². The summed E-state index contributed by atoms with van der Waals surface area (Å²) in [5.41, 5.74) is 0. The number of benzene rings is 3. The van der Waals surface area contributed by atoms with E-state index in [4.69, 9.17) is 0 Å². The fourth-order valence-electron chi connectivity index (χ4n) is 2.58. The second-order valence-electron chi connectivity index (χ2n) is 4.78. The predicted octanol–water partition coefficient (Wildman–Crippen LogP) is 2.22. The van der Waals surface area contributed by atoms with Crippen LogP contribution in [0.5, 0.6) is 0 Å². The van der Waals surface area contributed by atoms with Gasteiger partial charge in [0.15, 0.2) is 0 Å². The summed E-state index contributed by atoms with van der Waals surface area (Å²) in [5.74, 6) is 0. The van der Waals surface area contributed by atoms with Crippen LogP contribution < -0.4 is 13.1 Å². The van der Waals surface area contributed by atoms with Crippen LogP contribution in [0.3, 0.4) is 0 Å². The first kappa shape index (κ1) is 13.7. The number of hydrogen-bond acceptors (Lipinski definition) is 1. The molecule has 0 aliphatic heterocycles. The third-order valence-corrected chi connectivity index (χ3v) is 11.0. The van der Waals surface area contributed by atoms with Gasteiger partial charge < -0.3 is 0 Å². The standard InChI is InChI=1S/C19H15AsN/c21-16-20(17-10-4-1-5-11-17,18-12-6-2-7-13-18)19-14-8-3-9-15-19/h1-15H. The number of nitriles is 1. The summed E-state index contributed by atoms with van der Waals surface area (Å²) in [6.07, 6.45) is 0. The van der Waals surface area contributed by atoms with Crippen LogP contribution in [0.2, 0.25) is 0 Å². The van der Waals surface area contributed by atoms with Gasteiger partial charge in [-0.2, -0.15) is 0 Å². The average molecular weight is 332 g/mol. The molecule has 1 radical (unpaired) electrons. The van der Waals surface area contributed by atoms with Gasteiger partial charge in [0.2, 0.25) is 0 Å². The Hall–Kier alpha value is -2.29. The quantitative estimate of drug-likeness (QED) is 0.675. The van der Waals surface area contributed by atoms with Gasteiger partial charge in [-0.3, -0.25) is 0 Å². The van der Waals surface area contributed by atoms with E-state index in [2.05, 4.69) is 41.3 Å². The van der Waals surface area contributed by atoms with Crippen LogP contribution in [0.4, 0.5) is 0 Å². The van der Waals surface area contributed by atoms with Gasteiger partial charge in [-0.25, -0.2) is 0 Å². The Labute approximate surface area is 127 Å². The van der Waals surface area contributed by atoms with Crippen molar-refractivity contribution in [2.24, 2.45) is 0 Å². The molecule has 0 N–H and O–H groups in total. The van der Waals surface area contributed by atoms with Crippen molar-refractivity contribution in [2.75, 3.05) is 0 Å². The van der Waals surface area contributed by atoms with Crippen LogP contribution >= 0.6 is 0 Å². The van der Waals surface area contributed by atoms with Gasteiger partial charge in [0, 0.05) is 0 Å². The van der Waals surface area contributed by atoms with Gasteiger partial charge in [-0.1, -0.05) is 0 Å². The molecule has 0 aliphatic carbocycles. The molecule has 3 aromatic carbocycles. The zero-order valence-corrected chi connectivity index (χ0v) is 13.4. The zero-order chi connectivity index (χ0) is 14.5. The topological polar surface area (TPSA) is 23.8 Å². The van der Waals surface area contributed by atoms with E-state index in [1.807, 2.05) is 54.6 Å². The maximum absolute atomic E-state index is 10.2. The molecule has 0 fully saturated rings. The average Bonchev–Trinajstić information content (AvgIpc) is 2.59. The summed E-state index contributed by atoms with van der Waals surface area (Å²) in [6, 6.07) is 30.7. The molecule has 2 heteroatoms. The first-order chi connectivity index (χ1) is 10.4. The molecule has 0 saturated heterocycles. The summed E-state index contributed by atoms with van der Waals surface area (Å²) in [7, 11) is 0. The Bertz CT molecular complexity index is 649. The van der Waals surface area contributed by atoms with Crippen molar-refractivity contribution in [2.45, 2.75) is 0 Å². The third-order valence-electron chi connectivity index (χ3n) is 3.58. The first-order valence-corrected chi connectivity index (χ1v) is 10.6. The molecule has 0 atom stereocenters. The normalized spacial score (nSPS) is 10.8. The Balaban J connectivity index is 2.32. The third kappa shape index (κ3) is 2.40. The molecule has 0 heterocycles. The van der Waals surface area contributed by atoms with Gasteiger partial charge in [0.05, 0.1) is 0 Å². The Morgan fingerprint density at radius 2 is 0.810 bits per heavy atom. The molecule has 0 aliphatic rings. The van der Waals surface area contributed by atoms with Crippen molar-refractivity contribution in [3.63, 3.8) is 0 Å². The zero-order valence-electron chi connectivity index (χ0n) is 11.6. The van der Waals surface area contributed by atoms with E-state index >= 15 is 0 Å². The van der Waals surface area contributed by atoms with E-state index in [-0.39, 0.29) is 0 Å². The summed E-state index contributed by atoms with van der Waals surface area (Å²) in [4.78, 5) is 2.74. The van der Waals surface area contributed by atoms with E-state index in [0.717, 1.165) is 13.1 Å². The number of hydrogen-bond donors (Lipinski definition) is 0. The van der Waals surface area contributed by atoms with Crippen LogP contribution in [0.1, 0.15) is 0 Å². The van der Waals surface area contributed by atoms with Gasteiger partial charge in [-0.05, 0) is 0 Å². The molecule has 0 saturated carbocycles. The van der Waals surface area contributed by atoms with E-state index in [1.165, 1.54) is 0 Å². The molecule has 0 spiro atoms. The SMILES string of the molecule is N#C[As](c1ccccc1)(c1ccccc1)c1ccccc1. The van der Waals surface area contributed by atoms with Crippen LogP contribution in [0.15, 0.2) is 91.0 Å². The van der Waals surface area contributed by atoms with Crippen LogP contribution in [-0.2, 0) is 0 Å². The summed E-state index contributed by atoms with van der Waals surface area (Å²) in [5, 5.41) is 10.2. The van der Waals surface area contributed by atoms with Crippen LogP contribution in [-0.4, -0.2) is 13.6 Å². The van der Waals surface area contributed by atoms with Crippen molar-refractivity contribution >= 4 is 26.6 Å². The fraction of sp³-hybridized carbons (Fsp3) is 0. The number of rotatable bonds is 3. The van der Waals surface area contributed by atoms with E-state index in [1.54, 1.807) is 0 Å².